The van der Waals surface area contributed by atoms with E-state index in [0.717, 1.165) is 44.5 Å². The Morgan fingerprint density at radius 1 is 0.630 bits per heavy atom. The Hall–Kier alpha value is -3.46. The Morgan fingerprint density at radius 2 is 1.15 bits per heavy atom. The SMILES string of the molecule is COc1ccc(-c2cc(O)c3ccccc3c2-c2ccc(OC)cc2)cc1. The van der Waals surface area contributed by atoms with Crippen LogP contribution in [0.1, 0.15) is 0 Å². The van der Waals surface area contributed by atoms with Crippen LogP contribution in [0.3, 0.4) is 0 Å². The van der Waals surface area contributed by atoms with Crippen LogP contribution in [0.4, 0.5) is 0 Å². The monoisotopic (exact) mass is 356 g/mol. The number of rotatable bonds is 4. The second-order valence-electron chi connectivity index (χ2n) is 6.32. The van der Waals surface area contributed by atoms with E-state index >= 15 is 0 Å². The lowest BCUT2D eigenvalue weighted by Crippen LogP contribution is -1.90. The molecule has 0 aliphatic carbocycles. The van der Waals surface area contributed by atoms with Crippen LogP contribution in [0.15, 0.2) is 78.9 Å². The van der Waals surface area contributed by atoms with Crippen molar-refractivity contribution < 1.29 is 14.6 Å². The van der Waals surface area contributed by atoms with E-state index in [9.17, 15) is 5.11 Å². The minimum absolute atomic E-state index is 0.272. The number of fused-ring (bicyclic) bond motifs is 1. The van der Waals surface area contributed by atoms with E-state index in [-0.39, 0.29) is 5.75 Å². The summed E-state index contributed by atoms with van der Waals surface area (Å²) in [6.07, 6.45) is 0. The molecule has 0 aromatic heterocycles. The Labute approximate surface area is 158 Å². The molecule has 0 unspecified atom stereocenters. The third-order valence-electron chi connectivity index (χ3n) is 4.80. The van der Waals surface area contributed by atoms with Gasteiger partial charge in [0, 0.05) is 5.39 Å². The van der Waals surface area contributed by atoms with Gasteiger partial charge in [-0.05, 0) is 58.0 Å². The quantitative estimate of drug-likeness (QED) is 0.495. The first kappa shape index (κ1) is 17.0. The molecular formula is C24H20O3. The van der Waals surface area contributed by atoms with Crippen molar-refractivity contribution in [2.24, 2.45) is 0 Å². The lowest BCUT2D eigenvalue weighted by Gasteiger charge is -2.16. The van der Waals surface area contributed by atoms with Gasteiger partial charge in [0.25, 0.3) is 0 Å². The number of aromatic hydroxyl groups is 1. The van der Waals surface area contributed by atoms with Crippen LogP contribution in [-0.4, -0.2) is 19.3 Å². The summed E-state index contributed by atoms with van der Waals surface area (Å²) >= 11 is 0. The third kappa shape index (κ3) is 3.08. The molecule has 0 spiro atoms. The van der Waals surface area contributed by atoms with E-state index in [1.54, 1.807) is 14.2 Å². The van der Waals surface area contributed by atoms with E-state index in [2.05, 4.69) is 0 Å². The van der Waals surface area contributed by atoms with Gasteiger partial charge in [0.05, 0.1) is 14.2 Å². The van der Waals surface area contributed by atoms with E-state index in [4.69, 9.17) is 9.47 Å². The molecule has 0 aliphatic rings. The highest BCUT2D eigenvalue weighted by Crippen LogP contribution is 2.42. The van der Waals surface area contributed by atoms with Crippen molar-refractivity contribution in [3.63, 3.8) is 0 Å². The fourth-order valence-corrected chi connectivity index (χ4v) is 3.42. The van der Waals surface area contributed by atoms with Crippen LogP contribution in [0.5, 0.6) is 17.2 Å². The number of ether oxygens (including phenoxy) is 2. The summed E-state index contributed by atoms with van der Waals surface area (Å²) in [5.74, 6) is 1.89. The molecule has 1 N–H and O–H groups in total. The second-order valence-corrected chi connectivity index (χ2v) is 6.32. The second kappa shape index (κ2) is 7.04. The fourth-order valence-electron chi connectivity index (χ4n) is 3.42. The van der Waals surface area contributed by atoms with Crippen molar-refractivity contribution in [2.75, 3.05) is 14.2 Å². The van der Waals surface area contributed by atoms with E-state index in [0.29, 0.717) is 0 Å². The minimum atomic E-state index is 0.272. The average Bonchev–Trinajstić information content (AvgIpc) is 2.74. The van der Waals surface area contributed by atoms with Gasteiger partial charge in [-0.3, -0.25) is 0 Å². The molecule has 0 fully saturated rings. The van der Waals surface area contributed by atoms with E-state index < -0.39 is 0 Å². The van der Waals surface area contributed by atoms with Crippen LogP contribution in [0, 0.1) is 0 Å². The van der Waals surface area contributed by atoms with Crippen molar-refractivity contribution in [3.8, 4) is 39.5 Å². The van der Waals surface area contributed by atoms with Crippen LogP contribution >= 0.6 is 0 Å². The summed E-state index contributed by atoms with van der Waals surface area (Å²) in [5, 5.41) is 12.5. The molecule has 0 bridgehead atoms. The lowest BCUT2D eigenvalue weighted by molar-refractivity contribution is 0.414. The Bertz CT molecular complexity index is 1080. The standard InChI is InChI=1S/C24H20O3/c1-26-18-11-7-16(8-12-18)22-15-23(25)20-5-3-4-6-21(20)24(22)17-9-13-19(27-2)14-10-17/h3-15,25H,1-2H3. The maximum absolute atomic E-state index is 10.6. The smallest absolute Gasteiger partial charge is 0.124 e. The molecule has 0 radical (unpaired) electrons. The van der Waals surface area contributed by atoms with Crippen molar-refractivity contribution in [1.29, 1.82) is 0 Å². The number of phenols is 1. The van der Waals surface area contributed by atoms with Crippen LogP contribution in [0.25, 0.3) is 33.0 Å². The summed E-state index contributed by atoms with van der Waals surface area (Å²) in [6.45, 7) is 0. The molecule has 0 amide bonds. The molecule has 3 heteroatoms. The molecule has 0 heterocycles. The predicted molar refractivity (Wildman–Crippen MR) is 110 cm³/mol. The van der Waals surface area contributed by atoms with Gasteiger partial charge in [-0.15, -0.1) is 0 Å². The maximum Gasteiger partial charge on any atom is 0.124 e. The van der Waals surface area contributed by atoms with Gasteiger partial charge >= 0.3 is 0 Å². The number of phenolic OH excluding ortho intramolecular Hbond substituents is 1. The summed E-state index contributed by atoms with van der Waals surface area (Å²) < 4.78 is 10.6. The van der Waals surface area contributed by atoms with Gasteiger partial charge in [0.1, 0.15) is 17.2 Å². The molecule has 3 nitrogen and oxygen atoms in total. The summed E-state index contributed by atoms with van der Waals surface area (Å²) in [5.41, 5.74) is 4.13. The number of methoxy groups -OCH3 is 2. The first-order chi connectivity index (χ1) is 13.2. The topological polar surface area (TPSA) is 38.7 Å². The van der Waals surface area contributed by atoms with Gasteiger partial charge in [-0.1, -0.05) is 48.5 Å². The molecule has 27 heavy (non-hydrogen) atoms. The number of hydrogen-bond donors (Lipinski definition) is 1. The van der Waals surface area contributed by atoms with Crippen molar-refractivity contribution in [1.82, 2.24) is 0 Å². The minimum Gasteiger partial charge on any atom is -0.507 e. The summed E-state index contributed by atoms with van der Waals surface area (Å²) in [6, 6.07) is 25.6. The van der Waals surface area contributed by atoms with E-state index in [1.807, 2.05) is 78.9 Å². The zero-order chi connectivity index (χ0) is 18.8. The van der Waals surface area contributed by atoms with Crippen LogP contribution in [0.2, 0.25) is 0 Å². The van der Waals surface area contributed by atoms with Gasteiger partial charge < -0.3 is 14.6 Å². The summed E-state index contributed by atoms with van der Waals surface area (Å²) in [4.78, 5) is 0. The Kier molecular flexibility index (Phi) is 4.43. The third-order valence-corrected chi connectivity index (χ3v) is 4.80. The Balaban J connectivity index is 2.01. The highest BCUT2D eigenvalue weighted by Gasteiger charge is 2.15. The molecule has 134 valence electrons. The molecule has 0 atom stereocenters. The maximum atomic E-state index is 10.6. The molecule has 0 saturated carbocycles. The molecule has 4 rings (SSSR count). The summed E-state index contributed by atoms with van der Waals surface area (Å²) in [7, 11) is 3.31. The fraction of sp³-hybridized carbons (Fsp3) is 0.0833. The normalized spacial score (nSPS) is 10.7. The molecule has 0 aliphatic heterocycles. The first-order valence-electron chi connectivity index (χ1n) is 8.75. The Morgan fingerprint density at radius 3 is 1.70 bits per heavy atom. The van der Waals surface area contributed by atoms with Crippen molar-refractivity contribution >= 4 is 10.8 Å². The van der Waals surface area contributed by atoms with E-state index in [1.165, 1.54) is 0 Å². The molecule has 0 saturated heterocycles. The van der Waals surface area contributed by atoms with Crippen molar-refractivity contribution in [3.05, 3.63) is 78.9 Å². The predicted octanol–water partition coefficient (Wildman–Crippen LogP) is 5.90. The highest BCUT2D eigenvalue weighted by molar-refractivity contribution is 6.06. The van der Waals surface area contributed by atoms with Crippen molar-refractivity contribution in [2.45, 2.75) is 0 Å². The zero-order valence-corrected chi connectivity index (χ0v) is 15.3. The highest BCUT2D eigenvalue weighted by atomic mass is 16.5. The van der Waals surface area contributed by atoms with Crippen LogP contribution in [-0.2, 0) is 0 Å². The first-order valence-corrected chi connectivity index (χ1v) is 8.75. The molecular weight excluding hydrogens is 336 g/mol. The largest absolute Gasteiger partial charge is 0.507 e. The number of hydrogen-bond acceptors (Lipinski definition) is 3. The molecule has 4 aromatic carbocycles. The lowest BCUT2D eigenvalue weighted by atomic mass is 9.89. The van der Waals surface area contributed by atoms with Gasteiger partial charge in [0.15, 0.2) is 0 Å². The number of benzene rings is 4. The van der Waals surface area contributed by atoms with Gasteiger partial charge in [-0.2, -0.15) is 0 Å². The van der Waals surface area contributed by atoms with Gasteiger partial charge in [0.2, 0.25) is 0 Å². The van der Waals surface area contributed by atoms with Gasteiger partial charge in [-0.25, -0.2) is 0 Å². The average molecular weight is 356 g/mol. The zero-order valence-electron chi connectivity index (χ0n) is 15.3. The van der Waals surface area contributed by atoms with Crippen LogP contribution < -0.4 is 9.47 Å². The molecule has 4 aromatic rings.